The van der Waals surface area contributed by atoms with Crippen LogP contribution in [0.2, 0.25) is 0 Å². The molecular weight excluding hydrogens is 158 g/mol. The fourth-order valence-electron chi connectivity index (χ4n) is 1.61. The lowest BCUT2D eigenvalue weighted by molar-refractivity contribution is -0.151. The van der Waals surface area contributed by atoms with Gasteiger partial charge >= 0.3 is 11.9 Å². The highest BCUT2D eigenvalue weighted by atomic mass is 16.4. The van der Waals surface area contributed by atoms with Crippen molar-refractivity contribution in [2.45, 2.75) is 38.1 Å². The number of hydrogen-bond donors (Lipinski definition) is 2. The number of carbonyl (C=O) groups is 2. The molecule has 0 aromatic rings. The Labute approximate surface area is 71.0 Å². The highest BCUT2D eigenvalue weighted by Gasteiger charge is 2.31. The van der Waals surface area contributed by atoms with Gasteiger partial charge in [-0.1, -0.05) is 12.8 Å². The van der Waals surface area contributed by atoms with Gasteiger partial charge in [-0.3, -0.25) is 4.79 Å². The van der Waals surface area contributed by atoms with Gasteiger partial charge in [-0.15, -0.1) is 0 Å². The SMILES string of the molecule is CC1(NC(=O)C(=O)O)CCCC1. The summed E-state index contributed by atoms with van der Waals surface area (Å²) in [5, 5.41) is 10.9. The maximum atomic E-state index is 10.8. The molecule has 0 heterocycles. The van der Waals surface area contributed by atoms with Gasteiger partial charge in [0.2, 0.25) is 0 Å². The van der Waals surface area contributed by atoms with Crippen LogP contribution in [0.25, 0.3) is 0 Å². The molecule has 0 aromatic heterocycles. The zero-order valence-corrected chi connectivity index (χ0v) is 7.09. The van der Waals surface area contributed by atoms with Gasteiger partial charge in [0.15, 0.2) is 0 Å². The predicted octanol–water partition coefficient (Wildman–Crippen LogP) is 0.520. The molecule has 0 unspecified atom stereocenters. The summed E-state index contributed by atoms with van der Waals surface area (Å²) in [4.78, 5) is 21.0. The van der Waals surface area contributed by atoms with Crippen molar-refractivity contribution in [3.8, 4) is 0 Å². The molecule has 4 heteroatoms. The van der Waals surface area contributed by atoms with E-state index in [0.29, 0.717) is 0 Å². The maximum Gasteiger partial charge on any atom is 0.394 e. The number of rotatable bonds is 1. The first kappa shape index (κ1) is 9.03. The summed E-state index contributed by atoms with van der Waals surface area (Å²) in [5.41, 5.74) is -0.282. The fourth-order valence-corrected chi connectivity index (χ4v) is 1.61. The van der Waals surface area contributed by atoms with Gasteiger partial charge < -0.3 is 10.4 Å². The van der Waals surface area contributed by atoms with E-state index in [1.807, 2.05) is 6.92 Å². The van der Waals surface area contributed by atoms with Crippen LogP contribution in [0.5, 0.6) is 0 Å². The van der Waals surface area contributed by atoms with E-state index in [-0.39, 0.29) is 5.54 Å². The number of hydrogen-bond acceptors (Lipinski definition) is 2. The Morgan fingerprint density at radius 1 is 1.33 bits per heavy atom. The van der Waals surface area contributed by atoms with Gasteiger partial charge in [0.05, 0.1) is 0 Å². The normalized spacial score (nSPS) is 20.4. The lowest BCUT2D eigenvalue weighted by atomic mass is 10.0. The Bertz CT molecular complexity index is 206. The van der Waals surface area contributed by atoms with Crippen LogP contribution in [0, 0.1) is 0 Å². The van der Waals surface area contributed by atoms with E-state index >= 15 is 0 Å². The van der Waals surface area contributed by atoms with Crippen molar-refractivity contribution in [2.24, 2.45) is 0 Å². The summed E-state index contributed by atoms with van der Waals surface area (Å²) < 4.78 is 0. The van der Waals surface area contributed by atoms with E-state index in [2.05, 4.69) is 5.32 Å². The summed E-state index contributed by atoms with van der Waals surface area (Å²) in [5.74, 6) is -2.29. The van der Waals surface area contributed by atoms with Gasteiger partial charge in [-0.2, -0.15) is 0 Å². The van der Waals surface area contributed by atoms with E-state index in [0.717, 1.165) is 25.7 Å². The lowest BCUT2D eigenvalue weighted by Gasteiger charge is -2.23. The van der Waals surface area contributed by atoms with Gasteiger partial charge in [-0.05, 0) is 19.8 Å². The molecule has 0 saturated heterocycles. The van der Waals surface area contributed by atoms with Crippen LogP contribution in [0.4, 0.5) is 0 Å². The van der Waals surface area contributed by atoms with Crippen LogP contribution < -0.4 is 5.32 Å². The molecule has 0 atom stereocenters. The van der Waals surface area contributed by atoms with Crippen molar-refractivity contribution >= 4 is 11.9 Å². The topological polar surface area (TPSA) is 66.4 Å². The standard InChI is InChI=1S/C8H13NO3/c1-8(4-2-3-5-8)9-6(10)7(11)12/h2-5H2,1H3,(H,9,10)(H,11,12). The lowest BCUT2D eigenvalue weighted by Crippen LogP contribution is -2.46. The number of carbonyl (C=O) groups excluding carboxylic acids is 1. The van der Waals surface area contributed by atoms with Gasteiger partial charge in [0.1, 0.15) is 0 Å². The highest BCUT2D eigenvalue weighted by Crippen LogP contribution is 2.28. The number of carboxylic acid groups (broad SMARTS) is 1. The molecule has 1 amide bonds. The maximum absolute atomic E-state index is 10.8. The zero-order chi connectivity index (χ0) is 9.19. The second kappa shape index (κ2) is 3.13. The first-order valence-electron chi connectivity index (χ1n) is 4.09. The van der Waals surface area contributed by atoms with Crippen LogP contribution >= 0.6 is 0 Å². The van der Waals surface area contributed by atoms with Crippen molar-refractivity contribution in [1.29, 1.82) is 0 Å². The van der Waals surface area contributed by atoms with Crippen molar-refractivity contribution in [3.05, 3.63) is 0 Å². The Hall–Kier alpha value is -1.06. The molecule has 0 aliphatic heterocycles. The monoisotopic (exact) mass is 171 g/mol. The fraction of sp³-hybridized carbons (Fsp3) is 0.750. The van der Waals surface area contributed by atoms with Crippen molar-refractivity contribution in [2.75, 3.05) is 0 Å². The minimum absolute atomic E-state index is 0.282. The van der Waals surface area contributed by atoms with E-state index in [1.54, 1.807) is 0 Å². The summed E-state index contributed by atoms with van der Waals surface area (Å²) in [6, 6.07) is 0. The second-order valence-electron chi connectivity index (χ2n) is 3.53. The van der Waals surface area contributed by atoms with Crippen LogP contribution in [-0.4, -0.2) is 22.5 Å². The van der Waals surface area contributed by atoms with Crippen LogP contribution in [-0.2, 0) is 9.59 Å². The zero-order valence-electron chi connectivity index (χ0n) is 7.09. The molecule has 1 saturated carbocycles. The first-order valence-corrected chi connectivity index (χ1v) is 4.09. The minimum atomic E-state index is -1.40. The Morgan fingerprint density at radius 3 is 2.25 bits per heavy atom. The Balaban J connectivity index is 2.49. The van der Waals surface area contributed by atoms with Crippen LogP contribution in [0.15, 0.2) is 0 Å². The molecule has 0 bridgehead atoms. The third-order valence-corrected chi connectivity index (χ3v) is 2.32. The molecular formula is C8H13NO3. The predicted molar refractivity (Wildman–Crippen MR) is 42.7 cm³/mol. The number of amides is 1. The minimum Gasteiger partial charge on any atom is -0.474 e. The van der Waals surface area contributed by atoms with Gasteiger partial charge in [0.25, 0.3) is 0 Å². The molecule has 68 valence electrons. The summed E-state index contributed by atoms with van der Waals surface area (Å²) in [7, 11) is 0. The quantitative estimate of drug-likeness (QED) is 0.565. The van der Waals surface area contributed by atoms with E-state index in [1.165, 1.54) is 0 Å². The van der Waals surface area contributed by atoms with Gasteiger partial charge in [-0.25, -0.2) is 4.79 Å². The smallest absolute Gasteiger partial charge is 0.394 e. The first-order chi connectivity index (χ1) is 5.53. The largest absolute Gasteiger partial charge is 0.474 e. The molecule has 1 rings (SSSR count). The number of nitrogens with one attached hydrogen (secondary N) is 1. The van der Waals surface area contributed by atoms with E-state index in [4.69, 9.17) is 5.11 Å². The molecule has 0 radical (unpaired) electrons. The molecule has 0 aromatic carbocycles. The average molecular weight is 171 g/mol. The van der Waals surface area contributed by atoms with Crippen molar-refractivity contribution < 1.29 is 14.7 Å². The Kier molecular flexibility index (Phi) is 2.35. The summed E-state index contributed by atoms with van der Waals surface area (Å²) in [6.45, 7) is 1.89. The highest BCUT2D eigenvalue weighted by molar-refractivity contribution is 6.31. The molecule has 1 aliphatic carbocycles. The van der Waals surface area contributed by atoms with Crippen molar-refractivity contribution in [1.82, 2.24) is 5.32 Å². The van der Waals surface area contributed by atoms with Crippen LogP contribution in [0.1, 0.15) is 32.6 Å². The number of aliphatic carboxylic acids is 1. The molecule has 1 fully saturated rings. The Morgan fingerprint density at radius 2 is 1.83 bits per heavy atom. The van der Waals surface area contributed by atoms with E-state index < -0.39 is 11.9 Å². The average Bonchev–Trinajstić information content (AvgIpc) is 2.35. The molecule has 12 heavy (non-hydrogen) atoms. The molecule has 4 nitrogen and oxygen atoms in total. The van der Waals surface area contributed by atoms with Crippen LogP contribution in [0.3, 0.4) is 0 Å². The number of carboxylic acids is 1. The third kappa shape index (κ3) is 1.96. The molecule has 2 N–H and O–H groups in total. The summed E-state index contributed by atoms with van der Waals surface area (Å²) >= 11 is 0. The van der Waals surface area contributed by atoms with E-state index in [9.17, 15) is 9.59 Å². The third-order valence-electron chi connectivity index (χ3n) is 2.32. The molecule has 1 aliphatic rings. The summed E-state index contributed by atoms with van der Waals surface area (Å²) in [6.07, 6.45) is 3.89. The van der Waals surface area contributed by atoms with Crippen molar-refractivity contribution in [3.63, 3.8) is 0 Å². The molecule has 0 spiro atoms. The second-order valence-corrected chi connectivity index (χ2v) is 3.53. The van der Waals surface area contributed by atoms with Gasteiger partial charge in [0, 0.05) is 5.54 Å².